The van der Waals surface area contributed by atoms with Gasteiger partial charge in [-0.05, 0) is 51.4 Å². The van der Waals surface area contributed by atoms with E-state index in [0.717, 1.165) is 51.4 Å². The summed E-state index contributed by atoms with van der Waals surface area (Å²) in [5.74, 6) is -0.0252. The molecule has 3 N–H and O–H groups in total. The van der Waals surface area contributed by atoms with Crippen LogP contribution in [0.4, 0.5) is 0 Å². The lowest BCUT2D eigenvalue weighted by Gasteiger charge is -2.22. The van der Waals surface area contributed by atoms with Crippen molar-refractivity contribution in [3.05, 3.63) is 24.3 Å². The molecule has 0 fully saturated rings. The molecule has 6 heteroatoms. The Morgan fingerprint density at radius 2 is 0.630 bits per heavy atom. The number of aliphatic hydroxyl groups is 2. The highest BCUT2D eigenvalue weighted by Gasteiger charge is 2.20. The number of nitrogens with one attached hydrogen (secondary N) is 1. The second kappa shape index (κ2) is 70.8. The molecule has 480 valence electrons. The second-order valence-corrected chi connectivity index (χ2v) is 25.6. The molecule has 0 spiro atoms. The summed E-state index contributed by atoms with van der Waals surface area (Å²) < 4.78 is 5.48. The van der Waals surface area contributed by atoms with Gasteiger partial charge in [0.15, 0.2) is 0 Å². The quantitative estimate of drug-likeness (QED) is 0.0320. The van der Waals surface area contributed by atoms with Gasteiger partial charge < -0.3 is 20.3 Å². The van der Waals surface area contributed by atoms with E-state index in [0.29, 0.717) is 25.9 Å². The molecule has 0 aliphatic rings. The zero-order chi connectivity index (χ0) is 58.5. The molecule has 0 aromatic carbocycles. The molecule has 6 nitrogen and oxygen atoms in total. The van der Waals surface area contributed by atoms with Crippen LogP contribution in [-0.2, 0) is 14.3 Å². The SMILES string of the molecule is CCCC/C=C\C/C=C\CCCCCCCC(=O)OCCCCCCCCCCCCCCCCCCCCCCCCCCCC(=O)NC(CO)C(O)CCCCCCCCCCCCCCCCCCCCCCCCCCC. The maximum atomic E-state index is 12.6. The number of allylic oxidation sites excluding steroid dienone is 4. The summed E-state index contributed by atoms with van der Waals surface area (Å²) in [5.41, 5.74) is 0. The van der Waals surface area contributed by atoms with Crippen LogP contribution in [0.2, 0.25) is 0 Å². The third-order valence-electron chi connectivity index (χ3n) is 17.5. The van der Waals surface area contributed by atoms with Gasteiger partial charge in [-0.3, -0.25) is 9.59 Å². The molecular formula is C75H145NO5. The summed E-state index contributed by atoms with van der Waals surface area (Å²) in [6, 6.07) is -0.542. The van der Waals surface area contributed by atoms with E-state index in [1.54, 1.807) is 0 Å². The van der Waals surface area contributed by atoms with Crippen LogP contribution in [0.15, 0.2) is 24.3 Å². The van der Waals surface area contributed by atoms with Crippen molar-refractivity contribution < 1.29 is 24.5 Å². The van der Waals surface area contributed by atoms with Gasteiger partial charge in [-0.15, -0.1) is 0 Å². The van der Waals surface area contributed by atoms with Crippen molar-refractivity contribution in [3.8, 4) is 0 Å². The monoisotopic (exact) mass is 1140 g/mol. The highest BCUT2D eigenvalue weighted by molar-refractivity contribution is 5.76. The van der Waals surface area contributed by atoms with Crippen LogP contribution in [0.1, 0.15) is 418 Å². The first-order valence-corrected chi connectivity index (χ1v) is 37.1. The zero-order valence-electron chi connectivity index (χ0n) is 55.0. The smallest absolute Gasteiger partial charge is 0.305 e. The van der Waals surface area contributed by atoms with Crippen molar-refractivity contribution in [1.29, 1.82) is 0 Å². The van der Waals surface area contributed by atoms with Gasteiger partial charge in [-0.1, -0.05) is 378 Å². The number of aliphatic hydroxyl groups excluding tert-OH is 2. The fraction of sp³-hybridized carbons (Fsp3) is 0.920. The normalized spacial score (nSPS) is 12.6. The first-order valence-electron chi connectivity index (χ1n) is 37.1. The highest BCUT2D eigenvalue weighted by atomic mass is 16.5. The van der Waals surface area contributed by atoms with E-state index in [1.807, 2.05) is 0 Å². The Morgan fingerprint density at radius 3 is 0.975 bits per heavy atom. The molecule has 0 aliphatic carbocycles. The van der Waals surface area contributed by atoms with Crippen molar-refractivity contribution in [1.82, 2.24) is 5.32 Å². The van der Waals surface area contributed by atoms with E-state index in [9.17, 15) is 19.8 Å². The zero-order valence-corrected chi connectivity index (χ0v) is 55.0. The molecule has 0 aromatic rings. The van der Waals surface area contributed by atoms with Crippen molar-refractivity contribution in [2.45, 2.75) is 431 Å². The lowest BCUT2D eigenvalue weighted by atomic mass is 10.0. The van der Waals surface area contributed by atoms with Crippen LogP contribution < -0.4 is 5.32 Å². The Balaban J connectivity index is 3.37. The van der Waals surface area contributed by atoms with Gasteiger partial charge >= 0.3 is 5.97 Å². The molecule has 0 aromatic heterocycles. The third kappa shape index (κ3) is 67.3. The lowest BCUT2D eigenvalue weighted by Crippen LogP contribution is -2.45. The average molecular weight is 1140 g/mol. The maximum Gasteiger partial charge on any atom is 0.305 e. The maximum absolute atomic E-state index is 12.6. The summed E-state index contributed by atoms with van der Waals surface area (Å²) in [6.45, 7) is 4.95. The number of unbranched alkanes of at least 4 members (excludes halogenated alkanes) is 55. The average Bonchev–Trinajstić information content (AvgIpc) is 3.47. The Kier molecular flexibility index (Phi) is 69.4. The van der Waals surface area contributed by atoms with Crippen molar-refractivity contribution >= 4 is 11.9 Å². The van der Waals surface area contributed by atoms with E-state index in [1.165, 1.54) is 334 Å². The molecule has 0 rings (SSSR count). The minimum absolute atomic E-state index is 0.00276. The van der Waals surface area contributed by atoms with Gasteiger partial charge in [-0.25, -0.2) is 0 Å². The molecule has 0 aliphatic heterocycles. The fourth-order valence-corrected chi connectivity index (χ4v) is 11.8. The van der Waals surface area contributed by atoms with E-state index in [2.05, 4.69) is 43.5 Å². The number of ether oxygens (including phenoxy) is 1. The number of rotatable bonds is 70. The molecule has 2 atom stereocenters. The van der Waals surface area contributed by atoms with Crippen molar-refractivity contribution in [2.75, 3.05) is 13.2 Å². The van der Waals surface area contributed by atoms with Crippen LogP contribution >= 0.6 is 0 Å². The summed E-state index contributed by atoms with van der Waals surface area (Å²) in [5, 5.41) is 23.5. The van der Waals surface area contributed by atoms with Crippen molar-refractivity contribution in [2.24, 2.45) is 0 Å². The van der Waals surface area contributed by atoms with Gasteiger partial charge in [0, 0.05) is 12.8 Å². The van der Waals surface area contributed by atoms with Gasteiger partial charge in [0.25, 0.3) is 0 Å². The minimum atomic E-state index is -0.665. The highest BCUT2D eigenvalue weighted by Crippen LogP contribution is 2.20. The van der Waals surface area contributed by atoms with E-state index >= 15 is 0 Å². The lowest BCUT2D eigenvalue weighted by molar-refractivity contribution is -0.143. The van der Waals surface area contributed by atoms with Gasteiger partial charge in [-0.2, -0.15) is 0 Å². The molecule has 0 saturated carbocycles. The van der Waals surface area contributed by atoms with Crippen LogP contribution in [0.25, 0.3) is 0 Å². The van der Waals surface area contributed by atoms with Gasteiger partial charge in [0.05, 0.1) is 25.4 Å². The molecule has 0 radical (unpaired) electrons. The number of esters is 1. The topological polar surface area (TPSA) is 95.9 Å². The summed E-state index contributed by atoms with van der Waals surface area (Å²) in [7, 11) is 0. The fourth-order valence-electron chi connectivity index (χ4n) is 11.8. The van der Waals surface area contributed by atoms with Crippen LogP contribution in [0.3, 0.4) is 0 Å². The molecule has 0 heterocycles. The standard InChI is InChI=1S/C75H145NO5/c1-3-5-7-9-11-13-15-17-19-20-21-22-23-25-28-31-34-37-40-43-47-51-55-59-63-67-73(78)72(71-77)76-74(79)68-64-60-56-52-48-44-41-38-35-32-29-26-24-27-30-33-36-39-42-46-50-54-58-62-66-70-81-75(80)69-65-61-57-53-49-45-18-16-14-12-10-8-6-4-2/h10,12,16,18,72-73,77-78H,3-9,11,13-15,17,19-71H2,1-2H3,(H,76,79)/b12-10-,18-16-. The molecule has 1 amide bonds. The Labute approximate surface area is 507 Å². The van der Waals surface area contributed by atoms with Crippen LogP contribution in [0.5, 0.6) is 0 Å². The van der Waals surface area contributed by atoms with Crippen LogP contribution in [0, 0.1) is 0 Å². The first-order chi connectivity index (χ1) is 40.0. The number of amides is 1. The number of carbonyl (C=O) groups is 2. The van der Waals surface area contributed by atoms with Gasteiger partial charge in [0.2, 0.25) is 5.91 Å². The van der Waals surface area contributed by atoms with Crippen molar-refractivity contribution in [3.63, 3.8) is 0 Å². The third-order valence-corrected chi connectivity index (χ3v) is 17.5. The Morgan fingerprint density at radius 1 is 0.346 bits per heavy atom. The second-order valence-electron chi connectivity index (χ2n) is 25.6. The molecular weight excluding hydrogens is 995 g/mol. The number of carbonyl (C=O) groups excluding carboxylic acids is 2. The minimum Gasteiger partial charge on any atom is -0.466 e. The molecule has 81 heavy (non-hydrogen) atoms. The first kappa shape index (κ1) is 79.3. The Bertz CT molecular complexity index is 1270. The summed E-state index contributed by atoms with van der Waals surface area (Å²) >= 11 is 0. The predicted molar refractivity (Wildman–Crippen MR) is 356 cm³/mol. The van der Waals surface area contributed by atoms with E-state index in [4.69, 9.17) is 4.74 Å². The van der Waals surface area contributed by atoms with Gasteiger partial charge in [0.1, 0.15) is 0 Å². The number of hydrogen-bond acceptors (Lipinski definition) is 5. The Hall–Kier alpha value is -1.66. The molecule has 0 bridgehead atoms. The van der Waals surface area contributed by atoms with E-state index in [-0.39, 0.29) is 18.5 Å². The predicted octanol–water partition coefficient (Wildman–Crippen LogP) is 24.1. The summed E-state index contributed by atoms with van der Waals surface area (Å²) in [4.78, 5) is 24.6. The number of hydrogen-bond donors (Lipinski definition) is 3. The molecule has 0 saturated heterocycles. The largest absolute Gasteiger partial charge is 0.466 e. The summed E-state index contributed by atoms with van der Waals surface area (Å²) in [6.07, 6.45) is 89.5. The van der Waals surface area contributed by atoms with E-state index < -0.39 is 12.1 Å². The van der Waals surface area contributed by atoms with Crippen LogP contribution in [-0.4, -0.2) is 47.4 Å². The molecule has 2 unspecified atom stereocenters.